The molecule has 3 N–H and O–H groups in total. The van der Waals surface area contributed by atoms with Crippen molar-refractivity contribution >= 4 is 11.9 Å². The molecule has 24 heavy (non-hydrogen) atoms. The molecule has 3 rings (SSSR count). The summed E-state index contributed by atoms with van der Waals surface area (Å²) in [6.07, 6.45) is 3.99. The van der Waals surface area contributed by atoms with Gasteiger partial charge >= 0.3 is 6.03 Å². The van der Waals surface area contributed by atoms with Crippen molar-refractivity contribution in [3.8, 4) is 0 Å². The highest BCUT2D eigenvalue weighted by molar-refractivity contribution is 5.96. The normalized spacial score (nSPS) is 19.1. The third-order valence-corrected chi connectivity index (χ3v) is 4.56. The van der Waals surface area contributed by atoms with Gasteiger partial charge in [-0.15, -0.1) is 0 Å². The second-order valence-corrected chi connectivity index (χ2v) is 6.11. The number of nitrogens with two attached hydrogens (primary N) is 1. The Hall–Kier alpha value is -2.60. The Morgan fingerprint density at radius 3 is 2.58 bits per heavy atom. The molecule has 0 bridgehead atoms. The van der Waals surface area contributed by atoms with Crippen LogP contribution < -0.4 is 11.1 Å². The zero-order valence-electron chi connectivity index (χ0n) is 13.7. The van der Waals surface area contributed by atoms with Crippen molar-refractivity contribution in [2.45, 2.75) is 24.9 Å². The van der Waals surface area contributed by atoms with Crippen LogP contribution in [0.2, 0.25) is 0 Å². The Balaban J connectivity index is 1.96. The van der Waals surface area contributed by atoms with E-state index >= 15 is 0 Å². The zero-order chi connectivity index (χ0) is 17.1. The highest BCUT2D eigenvalue weighted by Crippen LogP contribution is 2.38. The number of hydrogen-bond donors (Lipinski definition) is 2. The number of benzene rings is 1. The van der Waals surface area contributed by atoms with E-state index in [1.165, 1.54) is 5.69 Å². The molecule has 1 aromatic carbocycles. The molecular weight excluding hydrogens is 304 g/mol. The predicted molar refractivity (Wildman–Crippen MR) is 91.0 cm³/mol. The van der Waals surface area contributed by atoms with Gasteiger partial charge in [0.2, 0.25) is 5.91 Å². The molecule has 1 fully saturated rings. The van der Waals surface area contributed by atoms with Gasteiger partial charge in [0.15, 0.2) is 0 Å². The summed E-state index contributed by atoms with van der Waals surface area (Å²) in [6.45, 7) is 0.793. The number of nitrogens with one attached hydrogen (secondary N) is 1. The maximum atomic E-state index is 12.7. The molecule has 2 heterocycles. The van der Waals surface area contributed by atoms with E-state index in [0.29, 0.717) is 0 Å². The minimum absolute atomic E-state index is 0.133. The fraction of sp³-hybridized carbons (Fsp3) is 0.333. The van der Waals surface area contributed by atoms with Gasteiger partial charge in [0, 0.05) is 18.9 Å². The maximum absolute atomic E-state index is 12.7. The van der Waals surface area contributed by atoms with Crippen LogP contribution in [0.25, 0.3) is 0 Å². The van der Waals surface area contributed by atoms with Gasteiger partial charge in [-0.05, 0) is 37.1 Å². The van der Waals surface area contributed by atoms with Crippen molar-refractivity contribution in [2.24, 2.45) is 12.8 Å². The minimum Gasteiger partial charge on any atom is -0.353 e. The topological polar surface area (TPSA) is 80.4 Å². The van der Waals surface area contributed by atoms with Crippen molar-refractivity contribution in [1.29, 1.82) is 0 Å². The number of aromatic nitrogens is 1. The SMILES string of the molecule is Cn1cccc1[C@@H]1CCCN1[C@H](C(=O)NC(N)=O)c1ccccc1. The van der Waals surface area contributed by atoms with Gasteiger partial charge in [0.05, 0.1) is 6.04 Å². The minimum atomic E-state index is -0.824. The van der Waals surface area contributed by atoms with Gasteiger partial charge < -0.3 is 10.3 Å². The number of aryl methyl sites for hydroxylation is 1. The predicted octanol–water partition coefficient (Wildman–Crippen LogP) is 2.10. The van der Waals surface area contributed by atoms with Crippen LogP contribution in [-0.4, -0.2) is 28.0 Å². The van der Waals surface area contributed by atoms with Gasteiger partial charge in [-0.25, -0.2) is 4.79 Å². The first kappa shape index (κ1) is 16.3. The van der Waals surface area contributed by atoms with E-state index in [-0.39, 0.29) is 11.9 Å². The largest absolute Gasteiger partial charge is 0.353 e. The lowest BCUT2D eigenvalue weighted by molar-refractivity contribution is -0.126. The van der Waals surface area contributed by atoms with E-state index in [1.54, 1.807) is 0 Å². The zero-order valence-corrected chi connectivity index (χ0v) is 13.7. The average Bonchev–Trinajstić information content (AvgIpc) is 3.16. The summed E-state index contributed by atoms with van der Waals surface area (Å²) >= 11 is 0. The smallest absolute Gasteiger partial charge is 0.318 e. The molecule has 0 saturated carbocycles. The van der Waals surface area contributed by atoms with Crippen LogP contribution in [0.15, 0.2) is 48.7 Å². The lowest BCUT2D eigenvalue weighted by atomic mass is 10.0. The number of amides is 3. The number of hydrogen-bond acceptors (Lipinski definition) is 3. The van der Waals surface area contributed by atoms with Crippen LogP contribution in [0.1, 0.15) is 36.2 Å². The molecule has 0 spiro atoms. The number of nitrogens with zero attached hydrogens (tertiary/aromatic N) is 2. The molecule has 2 aromatic rings. The van der Waals surface area contributed by atoms with Crippen LogP contribution in [0, 0.1) is 0 Å². The Morgan fingerprint density at radius 1 is 1.21 bits per heavy atom. The molecule has 0 unspecified atom stereocenters. The maximum Gasteiger partial charge on any atom is 0.318 e. The second-order valence-electron chi connectivity index (χ2n) is 6.11. The third-order valence-electron chi connectivity index (χ3n) is 4.56. The van der Waals surface area contributed by atoms with E-state index in [4.69, 9.17) is 5.73 Å². The van der Waals surface area contributed by atoms with Crippen LogP contribution >= 0.6 is 0 Å². The molecule has 126 valence electrons. The Labute approximate surface area is 141 Å². The van der Waals surface area contributed by atoms with Crippen molar-refractivity contribution in [1.82, 2.24) is 14.8 Å². The molecule has 2 atom stereocenters. The van der Waals surface area contributed by atoms with Gasteiger partial charge in [-0.3, -0.25) is 15.0 Å². The average molecular weight is 326 g/mol. The molecule has 1 aliphatic heterocycles. The van der Waals surface area contributed by atoms with Gasteiger partial charge in [-0.1, -0.05) is 30.3 Å². The third kappa shape index (κ3) is 3.19. The second kappa shape index (κ2) is 6.88. The first-order valence-corrected chi connectivity index (χ1v) is 8.10. The Bertz CT molecular complexity index is 726. The number of rotatable bonds is 4. The Kier molecular flexibility index (Phi) is 4.66. The van der Waals surface area contributed by atoms with E-state index < -0.39 is 12.1 Å². The van der Waals surface area contributed by atoms with Crippen molar-refractivity contribution in [3.63, 3.8) is 0 Å². The molecule has 6 heteroatoms. The fourth-order valence-electron chi connectivity index (χ4n) is 3.55. The number of imide groups is 1. The van der Waals surface area contributed by atoms with Crippen molar-refractivity contribution in [3.05, 3.63) is 59.9 Å². The summed E-state index contributed by atoms with van der Waals surface area (Å²) in [4.78, 5) is 26.0. The van der Waals surface area contributed by atoms with Crippen LogP contribution in [-0.2, 0) is 11.8 Å². The fourth-order valence-corrected chi connectivity index (χ4v) is 3.55. The molecule has 1 aromatic heterocycles. The number of carbonyl (C=O) groups excluding carboxylic acids is 2. The summed E-state index contributed by atoms with van der Waals surface area (Å²) < 4.78 is 2.08. The van der Waals surface area contributed by atoms with E-state index in [1.807, 2.05) is 49.6 Å². The summed E-state index contributed by atoms with van der Waals surface area (Å²) in [7, 11) is 2.01. The summed E-state index contributed by atoms with van der Waals surface area (Å²) in [5.41, 5.74) is 7.19. The molecule has 3 amide bonds. The number of primary amides is 1. The highest BCUT2D eigenvalue weighted by atomic mass is 16.2. The molecule has 6 nitrogen and oxygen atoms in total. The summed E-state index contributed by atoms with van der Waals surface area (Å²) in [6, 6.07) is 12.4. The molecule has 0 radical (unpaired) electrons. The molecule has 1 saturated heterocycles. The van der Waals surface area contributed by atoms with Crippen molar-refractivity contribution in [2.75, 3.05) is 6.54 Å². The lowest BCUT2D eigenvalue weighted by Crippen LogP contribution is -2.44. The summed E-state index contributed by atoms with van der Waals surface area (Å²) in [5, 5.41) is 2.25. The van der Waals surface area contributed by atoms with Gasteiger partial charge in [0.1, 0.15) is 6.04 Å². The van der Waals surface area contributed by atoms with E-state index in [0.717, 1.165) is 24.9 Å². The molecule has 0 aliphatic carbocycles. The molecular formula is C18H22N4O2. The van der Waals surface area contributed by atoms with Crippen LogP contribution in [0.4, 0.5) is 4.79 Å². The number of urea groups is 1. The first-order chi connectivity index (χ1) is 11.6. The standard InChI is InChI=1S/C18H22N4O2/c1-21-11-5-9-14(21)15-10-6-12-22(15)16(17(23)20-18(19)24)13-7-3-2-4-8-13/h2-5,7-9,11,15-16H,6,10,12H2,1H3,(H3,19,20,23,24)/t15-,16-/m0/s1. The highest BCUT2D eigenvalue weighted by Gasteiger charge is 2.37. The van der Waals surface area contributed by atoms with E-state index in [9.17, 15) is 9.59 Å². The Morgan fingerprint density at radius 2 is 1.96 bits per heavy atom. The van der Waals surface area contributed by atoms with Crippen LogP contribution in [0.5, 0.6) is 0 Å². The van der Waals surface area contributed by atoms with Gasteiger partial charge in [0.25, 0.3) is 0 Å². The molecule has 1 aliphatic rings. The summed E-state index contributed by atoms with van der Waals surface area (Å²) in [5.74, 6) is -0.380. The lowest BCUT2D eigenvalue weighted by Gasteiger charge is -2.32. The van der Waals surface area contributed by atoms with E-state index in [2.05, 4.69) is 20.9 Å². The first-order valence-electron chi connectivity index (χ1n) is 8.10. The number of likely N-dealkylation sites (tertiary alicyclic amines) is 1. The van der Waals surface area contributed by atoms with Crippen LogP contribution in [0.3, 0.4) is 0 Å². The quantitative estimate of drug-likeness (QED) is 0.903. The monoisotopic (exact) mass is 326 g/mol. The van der Waals surface area contributed by atoms with Crippen molar-refractivity contribution < 1.29 is 9.59 Å². The number of carbonyl (C=O) groups is 2. The van der Waals surface area contributed by atoms with Gasteiger partial charge in [-0.2, -0.15) is 0 Å².